The highest BCUT2D eigenvalue weighted by Crippen LogP contribution is 1.98. The third kappa shape index (κ3) is 5.06. The second-order valence-electron chi connectivity index (χ2n) is 3.46. The summed E-state index contributed by atoms with van der Waals surface area (Å²) in [5, 5.41) is 5.30. The summed E-state index contributed by atoms with van der Waals surface area (Å²) in [6.45, 7) is 0.313. The number of nitrogens with zero attached hydrogens (tertiary/aromatic N) is 2. The van der Waals surface area contributed by atoms with Crippen LogP contribution in [-0.2, 0) is 10.0 Å². The molecule has 0 bridgehead atoms. The SMILES string of the molecule is CNc1cnc(C(=O)NCCNS(C)(=O)=O)cn1. The molecule has 1 aromatic rings. The molecule has 0 radical (unpaired) electrons. The van der Waals surface area contributed by atoms with Crippen LogP contribution in [0.1, 0.15) is 10.5 Å². The van der Waals surface area contributed by atoms with E-state index < -0.39 is 15.9 Å². The van der Waals surface area contributed by atoms with Gasteiger partial charge < -0.3 is 10.6 Å². The Kier molecular flexibility index (Phi) is 4.98. The third-order valence-corrected chi connectivity index (χ3v) is 2.64. The first kappa shape index (κ1) is 14.3. The van der Waals surface area contributed by atoms with Gasteiger partial charge in [-0.1, -0.05) is 0 Å². The second kappa shape index (κ2) is 6.26. The number of anilines is 1. The van der Waals surface area contributed by atoms with E-state index >= 15 is 0 Å². The van der Waals surface area contributed by atoms with Gasteiger partial charge in [-0.3, -0.25) is 4.79 Å². The standard InChI is InChI=1S/C9H15N5O3S/c1-10-8-6-12-7(5-13-8)9(15)11-3-4-14-18(2,16)17/h5-6,14H,3-4H2,1-2H3,(H,10,13)(H,11,15). The van der Waals surface area contributed by atoms with E-state index in [0.29, 0.717) is 5.82 Å². The van der Waals surface area contributed by atoms with Gasteiger partial charge in [0.15, 0.2) is 0 Å². The fourth-order valence-electron chi connectivity index (χ4n) is 1.08. The largest absolute Gasteiger partial charge is 0.372 e. The number of nitrogens with one attached hydrogen (secondary N) is 3. The number of hydrogen-bond acceptors (Lipinski definition) is 6. The third-order valence-electron chi connectivity index (χ3n) is 1.92. The second-order valence-corrected chi connectivity index (χ2v) is 5.29. The molecule has 0 atom stereocenters. The van der Waals surface area contributed by atoms with E-state index in [9.17, 15) is 13.2 Å². The maximum atomic E-state index is 11.6. The van der Waals surface area contributed by atoms with Crippen LogP contribution in [-0.4, -0.2) is 50.7 Å². The van der Waals surface area contributed by atoms with Crippen molar-refractivity contribution in [2.24, 2.45) is 0 Å². The van der Waals surface area contributed by atoms with Crippen LogP contribution < -0.4 is 15.4 Å². The summed E-state index contributed by atoms with van der Waals surface area (Å²) < 4.78 is 23.8. The van der Waals surface area contributed by atoms with Gasteiger partial charge in [-0.25, -0.2) is 23.1 Å². The Labute approximate surface area is 105 Å². The van der Waals surface area contributed by atoms with Crippen molar-refractivity contribution in [1.82, 2.24) is 20.0 Å². The smallest absolute Gasteiger partial charge is 0.271 e. The van der Waals surface area contributed by atoms with Crippen LogP contribution in [0.15, 0.2) is 12.4 Å². The molecule has 0 aliphatic carbocycles. The van der Waals surface area contributed by atoms with E-state index in [4.69, 9.17) is 0 Å². The molecular formula is C9H15N5O3S. The van der Waals surface area contributed by atoms with Gasteiger partial charge in [0.25, 0.3) is 5.91 Å². The summed E-state index contributed by atoms with van der Waals surface area (Å²) in [4.78, 5) is 19.4. The number of aromatic nitrogens is 2. The predicted octanol–water partition coefficient (Wildman–Crippen LogP) is -1.20. The molecule has 1 amide bonds. The number of carbonyl (C=O) groups is 1. The van der Waals surface area contributed by atoms with E-state index in [1.54, 1.807) is 7.05 Å². The first-order valence-electron chi connectivity index (χ1n) is 5.15. The van der Waals surface area contributed by atoms with Crippen LogP contribution in [0.4, 0.5) is 5.82 Å². The zero-order chi connectivity index (χ0) is 13.6. The quantitative estimate of drug-likeness (QED) is 0.561. The zero-order valence-electron chi connectivity index (χ0n) is 10.1. The van der Waals surface area contributed by atoms with Gasteiger partial charge in [0.05, 0.1) is 18.6 Å². The first-order valence-corrected chi connectivity index (χ1v) is 7.04. The van der Waals surface area contributed by atoms with E-state index in [0.717, 1.165) is 6.26 Å². The Bertz CT molecular complexity index is 499. The van der Waals surface area contributed by atoms with E-state index in [1.807, 2.05) is 0 Å². The molecule has 9 heteroatoms. The maximum absolute atomic E-state index is 11.6. The molecule has 0 aliphatic heterocycles. The first-order chi connectivity index (χ1) is 8.42. The monoisotopic (exact) mass is 273 g/mol. The average molecular weight is 273 g/mol. The van der Waals surface area contributed by atoms with Gasteiger partial charge in [-0.05, 0) is 0 Å². The Hall–Kier alpha value is -1.74. The van der Waals surface area contributed by atoms with Crippen LogP contribution in [0.2, 0.25) is 0 Å². The summed E-state index contributed by atoms with van der Waals surface area (Å²) in [7, 11) is -1.54. The van der Waals surface area contributed by atoms with Crippen LogP contribution in [0.5, 0.6) is 0 Å². The summed E-state index contributed by atoms with van der Waals surface area (Å²) >= 11 is 0. The molecule has 1 aromatic heterocycles. The topological polar surface area (TPSA) is 113 Å². The molecule has 0 fully saturated rings. The molecule has 0 saturated heterocycles. The molecule has 100 valence electrons. The number of amides is 1. The molecular weight excluding hydrogens is 258 g/mol. The van der Waals surface area contributed by atoms with Gasteiger partial charge in [-0.15, -0.1) is 0 Å². The van der Waals surface area contributed by atoms with Crippen molar-refractivity contribution in [2.75, 3.05) is 31.7 Å². The van der Waals surface area contributed by atoms with Gasteiger partial charge in [-0.2, -0.15) is 0 Å². The number of rotatable bonds is 6. The highest BCUT2D eigenvalue weighted by Gasteiger charge is 2.07. The van der Waals surface area contributed by atoms with E-state index in [1.165, 1.54) is 12.4 Å². The fraction of sp³-hybridized carbons (Fsp3) is 0.444. The maximum Gasteiger partial charge on any atom is 0.271 e. The highest BCUT2D eigenvalue weighted by atomic mass is 32.2. The van der Waals surface area contributed by atoms with Crippen molar-refractivity contribution < 1.29 is 13.2 Å². The van der Waals surface area contributed by atoms with Crippen molar-refractivity contribution in [2.45, 2.75) is 0 Å². The number of carbonyl (C=O) groups excluding carboxylic acids is 1. The van der Waals surface area contributed by atoms with Gasteiger partial charge in [0.2, 0.25) is 10.0 Å². The minimum Gasteiger partial charge on any atom is -0.372 e. The van der Waals surface area contributed by atoms with Gasteiger partial charge >= 0.3 is 0 Å². The number of hydrogen-bond donors (Lipinski definition) is 3. The minimum atomic E-state index is -3.23. The molecule has 0 spiro atoms. The zero-order valence-corrected chi connectivity index (χ0v) is 10.9. The molecule has 1 heterocycles. The molecule has 0 aliphatic rings. The predicted molar refractivity (Wildman–Crippen MR) is 66.8 cm³/mol. The molecule has 0 saturated carbocycles. The van der Waals surface area contributed by atoms with Gasteiger partial charge in [0, 0.05) is 20.1 Å². The van der Waals surface area contributed by atoms with Crippen molar-refractivity contribution in [3.8, 4) is 0 Å². The van der Waals surface area contributed by atoms with Crippen molar-refractivity contribution in [3.05, 3.63) is 18.1 Å². The number of sulfonamides is 1. The van der Waals surface area contributed by atoms with Gasteiger partial charge in [0.1, 0.15) is 11.5 Å². The minimum absolute atomic E-state index is 0.132. The Morgan fingerprint density at radius 2 is 2.00 bits per heavy atom. The lowest BCUT2D eigenvalue weighted by Crippen LogP contribution is -2.34. The van der Waals surface area contributed by atoms with Crippen LogP contribution in [0.25, 0.3) is 0 Å². The van der Waals surface area contributed by atoms with Crippen LogP contribution >= 0.6 is 0 Å². The fourth-order valence-corrected chi connectivity index (χ4v) is 1.55. The summed E-state index contributed by atoms with van der Waals surface area (Å²) in [5.74, 6) is 0.158. The Morgan fingerprint density at radius 3 is 2.50 bits per heavy atom. The van der Waals surface area contributed by atoms with Crippen LogP contribution in [0, 0.1) is 0 Å². The van der Waals surface area contributed by atoms with Crippen LogP contribution in [0.3, 0.4) is 0 Å². The van der Waals surface area contributed by atoms with Crippen molar-refractivity contribution in [3.63, 3.8) is 0 Å². The Balaban J connectivity index is 2.40. The molecule has 8 nitrogen and oxygen atoms in total. The van der Waals surface area contributed by atoms with E-state index in [2.05, 4.69) is 25.3 Å². The molecule has 18 heavy (non-hydrogen) atoms. The Morgan fingerprint density at radius 1 is 1.28 bits per heavy atom. The van der Waals surface area contributed by atoms with Crippen molar-refractivity contribution >= 4 is 21.7 Å². The molecule has 0 aromatic carbocycles. The lowest BCUT2D eigenvalue weighted by molar-refractivity contribution is 0.0949. The molecule has 1 rings (SSSR count). The lowest BCUT2D eigenvalue weighted by Gasteiger charge is -2.05. The summed E-state index contributed by atoms with van der Waals surface area (Å²) in [5.41, 5.74) is 0.174. The summed E-state index contributed by atoms with van der Waals surface area (Å²) in [6.07, 6.45) is 3.82. The highest BCUT2D eigenvalue weighted by molar-refractivity contribution is 7.88. The lowest BCUT2D eigenvalue weighted by atomic mass is 10.4. The normalized spacial score (nSPS) is 11.0. The molecule has 3 N–H and O–H groups in total. The average Bonchev–Trinajstić information content (AvgIpc) is 2.33. The summed E-state index contributed by atoms with van der Waals surface area (Å²) in [6, 6.07) is 0. The van der Waals surface area contributed by atoms with Crippen molar-refractivity contribution in [1.29, 1.82) is 0 Å². The molecule has 0 unspecified atom stereocenters. The van der Waals surface area contributed by atoms with E-state index in [-0.39, 0.29) is 18.8 Å².